The summed E-state index contributed by atoms with van der Waals surface area (Å²) in [6, 6.07) is 10.7. The van der Waals surface area contributed by atoms with E-state index in [4.69, 9.17) is 11.6 Å². The van der Waals surface area contributed by atoms with Gasteiger partial charge in [0.05, 0.1) is 10.8 Å². The Kier molecular flexibility index (Phi) is 3.94. The van der Waals surface area contributed by atoms with Crippen molar-refractivity contribution in [1.29, 1.82) is 0 Å². The average molecular weight is 321 g/mol. The molecule has 3 rings (SSSR count). The summed E-state index contributed by atoms with van der Waals surface area (Å²) in [7, 11) is 0. The van der Waals surface area contributed by atoms with Gasteiger partial charge in [-0.25, -0.2) is 0 Å². The number of amides is 2. The van der Waals surface area contributed by atoms with E-state index in [1.54, 1.807) is 35.2 Å². The average Bonchev–Trinajstić information content (AvgIpc) is 2.90. The lowest BCUT2D eigenvalue weighted by molar-refractivity contribution is -0.123. The maximum Gasteiger partial charge on any atom is 0.263 e. The van der Waals surface area contributed by atoms with Crippen molar-refractivity contribution in [3.05, 3.63) is 51.7 Å². The molecule has 21 heavy (non-hydrogen) atoms. The Morgan fingerprint density at radius 2 is 2.05 bits per heavy atom. The number of rotatable bonds is 3. The number of thiophene rings is 1. The lowest BCUT2D eigenvalue weighted by Gasteiger charge is -2.37. The Labute approximate surface area is 131 Å². The lowest BCUT2D eigenvalue weighted by atomic mass is 9.98. The molecule has 0 unspecified atom stereocenters. The molecular formula is C15H13ClN2O2S. The molecule has 1 fully saturated rings. The van der Waals surface area contributed by atoms with Crippen molar-refractivity contribution in [1.82, 2.24) is 4.90 Å². The summed E-state index contributed by atoms with van der Waals surface area (Å²) in [5.41, 5.74) is 0.676. The zero-order chi connectivity index (χ0) is 14.8. The number of carbonyl (C=O) groups excluding carboxylic acids is 2. The molecule has 2 heterocycles. The second-order valence-electron chi connectivity index (χ2n) is 4.88. The first-order valence-corrected chi connectivity index (χ1v) is 7.78. The van der Waals surface area contributed by atoms with E-state index in [0.717, 1.165) is 0 Å². The Morgan fingerprint density at radius 1 is 1.24 bits per heavy atom. The standard InChI is InChI=1S/C15H13ClN2O2S/c16-11-3-1-4-12(7-11)17-14(19)10-8-18(9-10)15(20)13-5-2-6-21-13/h1-7,10H,8-9H2,(H,17,19). The molecule has 1 aliphatic heterocycles. The van der Waals surface area contributed by atoms with Gasteiger partial charge in [0.2, 0.25) is 5.91 Å². The van der Waals surface area contributed by atoms with Crippen LogP contribution in [0.5, 0.6) is 0 Å². The van der Waals surface area contributed by atoms with Crippen molar-refractivity contribution in [2.24, 2.45) is 5.92 Å². The molecule has 1 saturated heterocycles. The number of benzene rings is 1. The third kappa shape index (κ3) is 3.09. The largest absolute Gasteiger partial charge is 0.336 e. The van der Waals surface area contributed by atoms with Gasteiger partial charge in [0, 0.05) is 23.8 Å². The monoisotopic (exact) mass is 320 g/mol. The molecule has 1 aromatic carbocycles. The minimum absolute atomic E-state index is 0.00296. The van der Waals surface area contributed by atoms with Gasteiger partial charge in [-0.1, -0.05) is 23.7 Å². The molecule has 2 amide bonds. The van der Waals surface area contributed by atoms with Crippen LogP contribution >= 0.6 is 22.9 Å². The van der Waals surface area contributed by atoms with Crippen LogP contribution in [-0.2, 0) is 4.79 Å². The van der Waals surface area contributed by atoms with E-state index in [-0.39, 0.29) is 17.7 Å². The smallest absolute Gasteiger partial charge is 0.263 e. The van der Waals surface area contributed by atoms with Gasteiger partial charge in [-0.3, -0.25) is 9.59 Å². The predicted octanol–water partition coefficient (Wildman–Crippen LogP) is 3.11. The summed E-state index contributed by atoms with van der Waals surface area (Å²) in [6.07, 6.45) is 0. The van der Waals surface area contributed by atoms with Crippen molar-refractivity contribution in [2.75, 3.05) is 18.4 Å². The third-order valence-electron chi connectivity index (χ3n) is 3.36. The highest BCUT2D eigenvalue weighted by Crippen LogP contribution is 2.23. The molecule has 108 valence electrons. The number of nitrogens with one attached hydrogen (secondary N) is 1. The number of anilines is 1. The number of halogens is 1. The second kappa shape index (κ2) is 5.87. The molecule has 0 bridgehead atoms. The maximum absolute atomic E-state index is 12.1. The van der Waals surface area contributed by atoms with Crippen molar-refractivity contribution in [2.45, 2.75) is 0 Å². The number of likely N-dealkylation sites (tertiary alicyclic amines) is 1. The molecule has 1 aromatic heterocycles. The molecule has 1 N–H and O–H groups in total. The van der Waals surface area contributed by atoms with Crippen LogP contribution in [0.4, 0.5) is 5.69 Å². The maximum atomic E-state index is 12.1. The minimum Gasteiger partial charge on any atom is -0.336 e. The SMILES string of the molecule is O=C(Nc1cccc(Cl)c1)C1CN(C(=O)c2cccs2)C1. The van der Waals surface area contributed by atoms with Crippen molar-refractivity contribution < 1.29 is 9.59 Å². The molecule has 2 aromatic rings. The van der Waals surface area contributed by atoms with Crippen molar-refractivity contribution >= 4 is 40.4 Å². The number of hydrogen-bond acceptors (Lipinski definition) is 3. The highest BCUT2D eigenvalue weighted by molar-refractivity contribution is 7.12. The van der Waals surface area contributed by atoms with Crippen LogP contribution in [0, 0.1) is 5.92 Å². The fraction of sp³-hybridized carbons (Fsp3) is 0.200. The quantitative estimate of drug-likeness (QED) is 0.944. The first-order chi connectivity index (χ1) is 10.1. The summed E-state index contributed by atoms with van der Waals surface area (Å²) in [4.78, 5) is 26.5. The molecule has 0 atom stereocenters. The van der Waals surface area contributed by atoms with Crippen LogP contribution < -0.4 is 5.32 Å². The van der Waals surface area contributed by atoms with E-state index < -0.39 is 0 Å². The van der Waals surface area contributed by atoms with Gasteiger partial charge in [-0.05, 0) is 29.6 Å². The molecule has 1 aliphatic rings. The van der Waals surface area contributed by atoms with Crippen molar-refractivity contribution in [3.8, 4) is 0 Å². The van der Waals surface area contributed by atoms with Crippen LogP contribution in [-0.4, -0.2) is 29.8 Å². The van der Waals surface area contributed by atoms with Crippen LogP contribution in [0.2, 0.25) is 5.02 Å². The molecule has 4 nitrogen and oxygen atoms in total. The normalized spacial score (nSPS) is 14.6. The first kappa shape index (κ1) is 14.1. The van der Waals surface area contributed by atoms with Gasteiger partial charge in [-0.15, -0.1) is 11.3 Å². The Bertz CT molecular complexity index is 666. The fourth-order valence-corrected chi connectivity index (χ4v) is 3.06. The highest BCUT2D eigenvalue weighted by atomic mass is 35.5. The van der Waals surface area contributed by atoms with Crippen LogP contribution in [0.25, 0.3) is 0 Å². The fourth-order valence-electron chi connectivity index (χ4n) is 2.18. The second-order valence-corrected chi connectivity index (χ2v) is 6.27. The van der Waals surface area contributed by atoms with E-state index in [2.05, 4.69) is 5.32 Å². The van der Waals surface area contributed by atoms with E-state index in [0.29, 0.717) is 28.7 Å². The van der Waals surface area contributed by atoms with Crippen LogP contribution in [0.3, 0.4) is 0 Å². The summed E-state index contributed by atoms with van der Waals surface area (Å²) >= 11 is 7.29. The molecule has 6 heteroatoms. The number of nitrogens with zero attached hydrogens (tertiary/aromatic N) is 1. The summed E-state index contributed by atoms with van der Waals surface area (Å²) in [6.45, 7) is 0.923. The molecular weight excluding hydrogens is 308 g/mol. The van der Waals surface area contributed by atoms with Crippen LogP contribution in [0.1, 0.15) is 9.67 Å². The number of hydrogen-bond donors (Lipinski definition) is 1. The zero-order valence-corrected chi connectivity index (χ0v) is 12.7. The van der Waals surface area contributed by atoms with Gasteiger partial charge in [-0.2, -0.15) is 0 Å². The Morgan fingerprint density at radius 3 is 2.71 bits per heavy atom. The lowest BCUT2D eigenvalue weighted by Crippen LogP contribution is -2.54. The zero-order valence-electron chi connectivity index (χ0n) is 11.1. The van der Waals surface area contributed by atoms with Gasteiger partial charge < -0.3 is 10.2 Å². The van der Waals surface area contributed by atoms with E-state index in [1.807, 2.05) is 11.4 Å². The third-order valence-corrected chi connectivity index (χ3v) is 4.46. The molecule has 0 saturated carbocycles. The highest BCUT2D eigenvalue weighted by Gasteiger charge is 2.36. The summed E-state index contributed by atoms with van der Waals surface area (Å²) in [5, 5.41) is 5.27. The number of carbonyl (C=O) groups is 2. The minimum atomic E-state index is -0.159. The van der Waals surface area contributed by atoms with Gasteiger partial charge in [0.15, 0.2) is 0 Å². The van der Waals surface area contributed by atoms with Crippen molar-refractivity contribution in [3.63, 3.8) is 0 Å². The summed E-state index contributed by atoms with van der Waals surface area (Å²) < 4.78 is 0. The van der Waals surface area contributed by atoms with Gasteiger partial charge in [0.1, 0.15) is 0 Å². The predicted molar refractivity (Wildman–Crippen MR) is 83.8 cm³/mol. The molecule has 0 aliphatic carbocycles. The summed E-state index contributed by atoms with van der Waals surface area (Å²) in [5.74, 6) is -0.239. The van der Waals surface area contributed by atoms with E-state index in [1.165, 1.54) is 11.3 Å². The Balaban J connectivity index is 1.54. The molecule has 0 radical (unpaired) electrons. The van der Waals surface area contributed by atoms with E-state index in [9.17, 15) is 9.59 Å². The Hall–Kier alpha value is -1.85. The molecule has 0 spiro atoms. The van der Waals surface area contributed by atoms with Gasteiger partial charge in [0.25, 0.3) is 5.91 Å². The van der Waals surface area contributed by atoms with Crippen LogP contribution in [0.15, 0.2) is 41.8 Å². The topological polar surface area (TPSA) is 49.4 Å². The van der Waals surface area contributed by atoms with E-state index >= 15 is 0 Å². The van der Waals surface area contributed by atoms with Gasteiger partial charge >= 0.3 is 0 Å². The first-order valence-electron chi connectivity index (χ1n) is 6.52.